The van der Waals surface area contributed by atoms with E-state index in [4.69, 9.17) is 0 Å². The zero-order valence-corrected chi connectivity index (χ0v) is 21.1. The maximum Gasteiger partial charge on any atom is 0.243 e. The van der Waals surface area contributed by atoms with E-state index >= 15 is 0 Å². The second kappa shape index (κ2) is 9.35. The summed E-state index contributed by atoms with van der Waals surface area (Å²) in [6.07, 6.45) is 6.21. The lowest BCUT2D eigenvalue weighted by molar-refractivity contribution is -0.125. The second-order valence-electron chi connectivity index (χ2n) is 10.0. The van der Waals surface area contributed by atoms with Crippen molar-refractivity contribution in [2.45, 2.75) is 63.3 Å². The smallest absolute Gasteiger partial charge is 0.243 e. The number of benzene rings is 1. The summed E-state index contributed by atoms with van der Waals surface area (Å²) in [6, 6.07) is 8.88. The molecule has 1 aromatic heterocycles. The minimum absolute atomic E-state index is 0.0352. The zero-order valence-electron chi connectivity index (χ0n) is 20.2. The van der Waals surface area contributed by atoms with Crippen LogP contribution in [0.4, 0.5) is 11.5 Å². The highest BCUT2D eigenvalue weighted by atomic mass is 32.2. The fraction of sp³-hybridized carbons (Fsp3) is 0.500. The van der Waals surface area contributed by atoms with Gasteiger partial charge in [-0.05, 0) is 81.3 Å². The molecule has 3 heterocycles. The number of pyridine rings is 1. The fourth-order valence-corrected chi connectivity index (χ4v) is 6.82. The van der Waals surface area contributed by atoms with Gasteiger partial charge in [0.25, 0.3) is 0 Å². The summed E-state index contributed by atoms with van der Waals surface area (Å²) in [5.74, 6) is 0.442. The van der Waals surface area contributed by atoms with E-state index in [-0.39, 0.29) is 34.6 Å². The molecule has 1 aromatic carbocycles. The predicted octanol–water partition coefficient (Wildman–Crippen LogP) is 3.51. The van der Waals surface area contributed by atoms with Crippen LogP contribution in [0.1, 0.15) is 50.2 Å². The van der Waals surface area contributed by atoms with Gasteiger partial charge in [0.15, 0.2) is 0 Å². The van der Waals surface area contributed by atoms with Crippen LogP contribution >= 0.6 is 0 Å². The van der Waals surface area contributed by atoms with Crippen molar-refractivity contribution in [1.29, 1.82) is 0 Å². The van der Waals surface area contributed by atoms with Gasteiger partial charge in [-0.2, -0.15) is 4.31 Å². The molecule has 2 aromatic rings. The van der Waals surface area contributed by atoms with Crippen LogP contribution in [0.5, 0.6) is 0 Å². The molecule has 0 radical (unpaired) electrons. The molecule has 2 amide bonds. The number of amides is 2. The lowest BCUT2D eigenvalue weighted by atomic mass is 9.84. The third-order valence-corrected chi connectivity index (χ3v) is 9.57. The first-order valence-corrected chi connectivity index (χ1v) is 13.9. The number of hydrogen-bond acceptors (Lipinski definition) is 5. The minimum Gasteiger partial charge on any atom is -0.310 e. The number of hydrogen-bond donors (Lipinski definition) is 1. The molecule has 186 valence electrons. The Labute approximate surface area is 206 Å². The topological polar surface area (TPSA) is 99.7 Å². The summed E-state index contributed by atoms with van der Waals surface area (Å²) in [5.41, 5.74) is 2.64. The van der Waals surface area contributed by atoms with Gasteiger partial charge in [0.1, 0.15) is 5.82 Å². The van der Waals surface area contributed by atoms with E-state index in [1.54, 1.807) is 24.4 Å². The van der Waals surface area contributed by atoms with Crippen molar-refractivity contribution >= 4 is 33.3 Å². The Morgan fingerprint density at radius 2 is 1.80 bits per heavy atom. The molecule has 35 heavy (non-hydrogen) atoms. The highest BCUT2D eigenvalue weighted by molar-refractivity contribution is 7.89. The van der Waals surface area contributed by atoms with Gasteiger partial charge in [-0.25, -0.2) is 13.4 Å². The number of piperidine rings is 1. The van der Waals surface area contributed by atoms with E-state index in [9.17, 15) is 18.0 Å². The summed E-state index contributed by atoms with van der Waals surface area (Å²) in [7, 11) is -3.68. The number of anilines is 2. The highest BCUT2D eigenvalue weighted by Crippen LogP contribution is 2.38. The second-order valence-corrected chi connectivity index (χ2v) is 12.0. The molecule has 3 aliphatic rings. The first-order chi connectivity index (χ1) is 16.8. The monoisotopic (exact) mass is 496 g/mol. The number of carbonyl (C=O) groups is 2. The molecular weight excluding hydrogens is 464 g/mol. The maximum atomic E-state index is 13.4. The average molecular weight is 497 g/mol. The Balaban J connectivity index is 1.25. The van der Waals surface area contributed by atoms with E-state index in [1.165, 1.54) is 4.31 Å². The van der Waals surface area contributed by atoms with Crippen molar-refractivity contribution in [3.05, 3.63) is 47.7 Å². The molecule has 5 rings (SSSR count). The van der Waals surface area contributed by atoms with Gasteiger partial charge >= 0.3 is 0 Å². The Kier molecular flexibility index (Phi) is 6.40. The Bertz CT molecular complexity index is 1250. The van der Waals surface area contributed by atoms with Crippen LogP contribution in [0, 0.1) is 18.8 Å². The summed E-state index contributed by atoms with van der Waals surface area (Å²) < 4.78 is 28.3. The molecule has 2 aliphatic heterocycles. The molecule has 0 bridgehead atoms. The maximum absolute atomic E-state index is 13.4. The van der Waals surface area contributed by atoms with Gasteiger partial charge < -0.3 is 10.2 Å². The molecule has 0 spiro atoms. The Morgan fingerprint density at radius 3 is 2.46 bits per heavy atom. The van der Waals surface area contributed by atoms with Gasteiger partial charge in [-0.1, -0.05) is 12.5 Å². The van der Waals surface area contributed by atoms with Crippen molar-refractivity contribution in [1.82, 2.24) is 9.29 Å². The van der Waals surface area contributed by atoms with Gasteiger partial charge in [0, 0.05) is 42.9 Å². The first kappa shape index (κ1) is 23.9. The van der Waals surface area contributed by atoms with Crippen LogP contribution in [0.3, 0.4) is 0 Å². The van der Waals surface area contributed by atoms with E-state index in [2.05, 4.69) is 10.3 Å². The number of fused-ring (bicyclic) bond motifs is 1. The molecule has 9 heteroatoms. The average Bonchev–Trinajstić information content (AvgIpc) is 3.14. The summed E-state index contributed by atoms with van der Waals surface area (Å²) in [4.78, 5) is 32.0. The van der Waals surface area contributed by atoms with Gasteiger partial charge in [-0.15, -0.1) is 0 Å². The van der Waals surface area contributed by atoms with Crippen molar-refractivity contribution in [3.8, 4) is 0 Å². The SMILES string of the molecule is Cc1cccnc1NC(=O)C1CCN(S(=O)(=O)c2ccc3c(c2)CC(C)N3C(=O)C2CCC2)CC1. The van der Waals surface area contributed by atoms with Gasteiger partial charge in [0.2, 0.25) is 21.8 Å². The summed E-state index contributed by atoms with van der Waals surface area (Å²) in [6.45, 7) is 4.49. The number of nitrogens with one attached hydrogen (secondary N) is 1. The van der Waals surface area contributed by atoms with Crippen LogP contribution in [0.25, 0.3) is 0 Å². The van der Waals surface area contributed by atoms with E-state index in [0.29, 0.717) is 38.2 Å². The molecule has 1 aliphatic carbocycles. The molecule has 8 nitrogen and oxygen atoms in total. The third-order valence-electron chi connectivity index (χ3n) is 7.67. The number of aryl methyl sites for hydroxylation is 1. The molecule has 2 fully saturated rings. The summed E-state index contributed by atoms with van der Waals surface area (Å²) in [5, 5.41) is 2.88. The summed E-state index contributed by atoms with van der Waals surface area (Å²) >= 11 is 0. The quantitative estimate of drug-likeness (QED) is 0.683. The standard InChI is InChI=1S/C26H32N4O4S/c1-17-5-4-12-27-24(17)28-25(31)19-10-13-29(14-11-19)35(33,34)22-8-9-23-21(16-22)15-18(2)30(23)26(32)20-6-3-7-20/h4-5,8-9,12,16,18-20H,3,6-7,10-11,13-15H2,1-2H3,(H,27,28,31). The molecular formula is C26H32N4O4S. The van der Waals surface area contributed by atoms with Crippen LogP contribution in [0.2, 0.25) is 0 Å². The zero-order chi connectivity index (χ0) is 24.7. The van der Waals surface area contributed by atoms with Crippen molar-refractivity contribution < 1.29 is 18.0 Å². The molecule has 1 atom stereocenters. The van der Waals surface area contributed by atoms with E-state index < -0.39 is 10.0 Å². The minimum atomic E-state index is -3.68. The van der Waals surface area contributed by atoms with Crippen LogP contribution in [0.15, 0.2) is 41.4 Å². The molecule has 1 N–H and O–H groups in total. The largest absolute Gasteiger partial charge is 0.310 e. The van der Waals surface area contributed by atoms with E-state index in [1.807, 2.05) is 30.9 Å². The van der Waals surface area contributed by atoms with Gasteiger partial charge in [0.05, 0.1) is 4.90 Å². The molecule has 1 saturated carbocycles. The highest BCUT2D eigenvalue weighted by Gasteiger charge is 2.38. The number of rotatable bonds is 5. The van der Waals surface area contributed by atoms with Crippen LogP contribution < -0.4 is 10.2 Å². The number of aromatic nitrogens is 1. The normalized spacial score (nSPS) is 21.4. The molecule has 1 unspecified atom stereocenters. The predicted molar refractivity (Wildman–Crippen MR) is 134 cm³/mol. The lowest BCUT2D eigenvalue weighted by Crippen LogP contribution is -2.42. The Morgan fingerprint density at radius 1 is 1.06 bits per heavy atom. The van der Waals surface area contributed by atoms with Crippen LogP contribution in [-0.2, 0) is 26.0 Å². The van der Waals surface area contributed by atoms with E-state index in [0.717, 1.165) is 36.1 Å². The lowest BCUT2D eigenvalue weighted by Gasteiger charge is -2.32. The number of carbonyl (C=O) groups excluding carboxylic acids is 2. The van der Waals surface area contributed by atoms with Crippen molar-refractivity contribution in [2.75, 3.05) is 23.3 Å². The first-order valence-electron chi connectivity index (χ1n) is 12.4. The Hall–Kier alpha value is -2.78. The van der Waals surface area contributed by atoms with Gasteiger partial charge in [-0.3, -0.25) is 9.59 Å². The van der Waals surface area contributed by atoms with Crippen molar-refractivity contribution in [2.24, 2.45) is 11.8 Å². The van der Waals surface area contributed by atoms with Crippen molar-refractivity contribution in [3.63, 3.8) is 0 Å². The molecule has 1 saturated heterocycles. The third kappa shape index (κ3) is 4.47. The fourth-order valence-electron chi connectivity index (χ4n) is 5.30. The van der Waals surface area contributed by atoms with Crippen LogP contribution in [-0.4, -0.2) is 48.7 Å². The number of nitrogens with zero attached hydrogens (tertiary/aromatic N) is 3. The number of sulfonamides is 1.